The Morgan fingerprint density at radius 1 is 1.25 bits per heavy atom. The van der Waals surface area contributed by atoms with Gasteiger partial charge in [0.25, 0.3) is 0 Å². The summed E-state index contributed by atoms with van der Waals surface area (Å²) in [6.45, 7) is 2.51. The summed E-state index contributed by atoms with van der Waals surface area (Å²) in [7, 11) is 0. The molecule has 1 heterocycles. The van der Waals surface area contributed by atoms with Crippen molar-refractivity contribution in [1.29, 1.82) is 0 Å². The van der Waals surface area contributed by atoms with Crippen LogP contribution in [0.5, 0.6) is 5.75 Å². The molecule has 1 aromatic carbocycles. The molecule has 1 saturated heterocycles. The Kier molecular flexibility index (Phi) is 6.36. The Bertz CT molecular complexity index is 593. The topological polar surface area (TPSA) is 29.5 Å². The van der Waals surface area contributed by atoms with Crippen LogP contribution in [0.2, 0.25) is 0 Å². The van der Waals surface area contributed by atoms with Gasteiger partial charge < -0.3 is 9.64 Å². The number of carbonyl (C=O) groups excluding carboxylic acids is 1. The first-order valence-corrected chi connectivity index (χ1v) is 10.2. The lowest BCUT2D eigenvalue weighted by Crippen LogP contribution is -2.39. The summed E-state index contributed by atoms with van der Waals surface area (Å²) in [4.78, 5) is 15.2. The summed E-state index contributed by atoms with van der Waals surface area (Å²) < 4.78 is 5.82. The average Bonchev–Trinajstić information content (AvgIpc) is 2.59. The lowest BCUT2D eigenvalue weighted by atomic mass is 9.81. The molecular weight excluding hydrogens is 366 g/mol. The number of alkyl halides is 1. The second kappa shape index (κ2) is 8.70. The van der Waals surface area contributed by atoms with Crippen molar-refractivity contribution in [2.45, 2.75) is 44.4 Å². The maximum Gasteiger partial charge on any atom is 0.234 e. The number of ether oxygens (including phenoxy) is 1. The van der Waals surface area contributed by atoms with Gasteiger partial charge in [-0.1, -0.05) is 39.7 Å². The number of halogens is 1. The van der Waals surface area contributed by atoms with Crippen molar-refractivity contribution in [3.05, 3.63) is 41.5 Å². The van der Waals surface area contributed by atoms with Crippen molar-refractivity contribution in [3.8, 4) is 5.75 Å². The SMILES string of the molecule is O=C(C(C1=CCC1)c1cccc(OCCCBr)c1)N1CCCCC1. The molecule has 0 aromatic heterocycles. The van der Waals surface area contributed by atoms with E-state index >= 15 is 0 Å². The van der Waals surface area contributed by atoms with E-state index in [2.05, 4.69) is 39.0 Å². The molecule has 2 aliphatic rings. The fourth-order valence-corrected chi connectivity index (χ4v) is 3.64. The van der Waals surface area contributed by atoms with Gasteiger partial charge in [-0.05, 0) is 56.2 Å². The molecule has 0 saturated carbocycles. The van der Waals surface area contributed by atoms with Gasteiger partial charge in [0.05, 0.1) is 12.5 Å². The van der Waals surface area contributed by atoms with Gasteiger partial charge in [0.15, 0.2) is 0 Å². The summed E-state index contributed by atoms with van der Waals surface area (Å²) in [5.41, 5.74) is 2.36. The summed E-state index contributed by atoms with van der Waals surface area (Å²) >= 11 is 3.42. The monoisotopic (exact) mass is 391 g/mol. The first-order valence-electron chi connectivity index (χ1n) is 9.06. The van der Waals surface area contributed by atoms with Crippen LogP contribution in [0, 0.1) is 0 Å². The highest BCUT2D eigenvalue weighted by atomic mass is 79.9. The van der Waals surface area contributed by atoms with E-state index in [1.807, 2.05) is 12.1 Å². The van der Waals surface area contributed by atoms with Crippen molar-refractivity contribution >= 4 is 21.8 Å². The van der Waals surface area contributed by atoms with Crippen molar-refractivity contribution in [2.24, 2.45) is 0 Å². The van der Waals surface area contributed by atoms with E-state index in [0.29, 0.717) is 6.61 Å². The number of likely N-dealkylation sites (tertiary alicyclic amines) is 1. The van der Waals surface area contributed by atoms with Gasteiger partial charge in [-0.3, -0.25) is 4.79 Å². The van der Waals surface area contributed by atoms with Crippen molar-refractivity contribution in [1.82, 2.24) is 4.90 Å². The van der Waals surface area contributed by atoms with Gasteiger partial charge >= 0.3 is 0 Å². The normalized spacial score (nSPS) is 18.5. The number of allylic oxidation sites excluding steroid dienone is 1. The number of hydrogen-bond acceptors (Lipinski definition) is 2. The zero-order chi connectivity index (χ0) is 16.8. The van der Waals surface area contributed by atoms with Crippen LogP contribution in [0.1, 0.15) is 50.0 Å². The first-order chi connectivity index (χ1) is 11.8. The Morgan fingerprint density at radius 2 is 2.04 bits per heavy atom. The maximum absolute atomic E-state index is 13.1. The smallest absolute Gasteiger partial charge is 0.234 e. The molecule has 1 aromatic rings. The molecule has 3 nitrogen and oxygen atoms in total. The third-order valence-electron chi connectivity index (χ3n) is 4.86. The fraction of sp³-hybridized carbons (Fsp3) is 0.550. The number of nitrogens with zero attached hydrogens (tertiary/aromatic N) is 1. The first kappa shape index (κ1) is 17.5. The van der Waals surface area contributed by atoms with Crippen LogP contribution in [-0.2, 0) is 4.79 Å². The number of amides is 1. The number of carbonyl (C=O) groups is 1. The lowest BCUT2D eigenvalue weighted by Gasteiger charge is -2.33. The highest BCUT2D eigenvalue weighted by molar-refractivity contribution is 9.09. The average molecular weight is 392 g/mol. The van der Waals surface area contributed by atoms with E-state index in [1.165, 1.54) is 12.0 Å². The van der Waals surface area contributed by atoms with Crippen LogP contribution in [0.3, 0.4) is 0 Å². The maximum atomic E-state index is 13.1. The van der Waals surface area contributed by atoms with E-state index in [1.54, 1.807) is 0 Å². The standard InChI is InChI=1S/C20H26BrNO2/c21-11-6-14-24-18-10-5-9-17(15-18)19(16-7-4-8-16)20(23)22-12-2-1-3-13-22/h5,7,9-10,15,19H,1-4,6,8,11-14H2. The third kappa shape index (κ3) is 4.21. The molecule has 0 bridgehead atoms. The Balaban J connectivity index is 1.78. The van der Waals surface area contributed by atoms with E-state index in [0.717, 1.165) is 61.8 Å². The molecule has 1 aliphatic carbocycles. The predicted molar refractivity (Wildman–Crippen MR) is 101 cm³/mol. The van der Waals surface area contributed by atoms with Gasteiger partial charge in [-0.25, -0.2) is 0 Å². The van der Waals surface area contributed by atoms with Gasteiger partial charge in [0, 0.05) is 18.4 Å². The molecule has 4 heteroatoms. The molecule has 0 N–H and O–H groups in total. The summed E-state index contributed by atoms with van der Waals surface area (Å²) in [6.07, 6.45) is 8.85. The van der Waals surface area contributed by atoms with Crippen LogP contribution < -0.4 is 4.74 Å². The van der Waals surface area contributed by atoms with Gasteiger partial charge in [0.2, 0.25) is 5.91 Å². The molecule has 130 valence electrons. The highest BCUT2D eigenvalue weighted by Crippen LogP contribution is 2.37. The lowest BCUT2D eigenvalue weighted by molar-refractivity contribution is -0.132. The molecule has 1 amide bonds. The van der Waals surface area contributed by atoms with Crippen LogP contribution in [0.15, 0.2) is 35.9 Å². The predicted octanol–water partition coefficient (Wildman–Crippen LogP) is 4.67. The molecule has 0 radical (unpaired) electrons. The summed E-state index contributed by atoms with van der Waals surface area (Å²) in [5.74, 6) is 1.03. The van der Waals surface area contributed by atoms with Crippen LogP contribution >= 0.6 is 15.9 Å². The third-order valence-corrected chi connectivity index (χ3v) is 5.42. The minimum atomic E-state index is -0.114. The zero-order valence-electron chi connectivity index (χ0n) is 14.2. The fourth-order valence-electron chi connectivity index (χ4n) is 3.41. The van der Waals surface area contributed by atoms with E-state index in [4.69, 9.17) is 4.74 Å². The molecule has 1 atom stereocenters. The molecule has 0 spiro atoms. The van der Waals surface area contributed by atoms with Crippen LogP contribution in [0.4, 0.5) is 0 Å². The number of benzene rings is 1. The Hall–Kier alpha value is -1.29. The molecule has 1 unspecified atom stereocenters. The van der Waals surface area contributed by atoms with Crippen LogP contribution in [0.25, 0.3) is 0 Å². The second-order valence-corrected chi connectivity index (χ2v) is 7.39. The molecule has 3 rings (SSSR count). The Morgan fingerprint density at radius 3 is 2.71 bits per heavy atom. The van der Waals surface area contributed by atoms with Gasteiger partial charge in [0.1, 0.15) is 5.75 Å². The second-order valence-electron chi connectivity index (χ2n) is 6.60. The quantitative estimate of drug-likeness (QED) is 0.384. The van der Waals surface area contributed by atoms with E-state index < -0.39 is 0 Å². The highest BCUT2D eigenvalue weighted by Gasteiger charge is 2.31. The summed E-state index contributed by atoms with van der Waals surface area (Å²) in [5, 5.41) is 0.940. The van der Waals surface area contributed by atoms with Crippen molar-refractivity contribution in [2.75, 3.05) is 25.0 Å². The Labute approximate surface area is 153 Å². The van der Waals surface area contributed by atoms with Gasteiger partial charge in [-0.15, -0.1) is 0 Å². The summed E-state index contributed by atoms with van der Waals surface area (Å²) in [6, 6.07) is 8.12. The molecule has 1 aliphatic heterocycles. The van der Waals surface area contributed by atoms with Crippen molar-refractivity contribution in [3.63, 3.8) is 0 Å². The molecule has 24 heavy (non-hydrogen) atoms. The number of rotatable bonds is 7. The minimum Gasteiger partial charge on any atom is -0.494 e. The number of hydrogen-bond donors (Lipinski definition) is 0. The van der Waals surface area contributed by atoms with Gasteiger partial charge in [-0.2, -0.15) is 0 Å². The van der Waals surface area contributed by atoms with E-state index in [9.17, 15) is 4.79 Å². The zero-order valence-corrected chi connectivity index (χ0v) is 15.8. The minimum absolute atomic E-state index is 0.114. The molecule has 1 fully saturated rings. The molecular formula is C20H26BrNO2. The van der Waals surface area contributed by atoms with Crippen molar-refractivity contribution < 1.29 is 9.53 Å². The van der Waals surface area contributed by atoms with E-state index in [-0.39, 0.29) is 11.8 Å². The largest absolute Gasteiger partial charge is 0.494 e. The number of piperidine rings is 1. The van der Waals surface area contributed by atoms with Crippen LogP contribution in [-0.4, -0.2) is 35.8 Å².